The summed E-state index contributed by atoms with van der Waals surface area (Å²) in [5.74, 6) is 0.0345. The summed E-state index contributed by atoms with van der Waals surface area (Å²) in [6, 6.07) is 15.5. The summed E-state index contributed by atoms with van der Waals surface area (Å²) in [6.45, 7) is 6.21. The molecular formula is C22H29N3O3S. The van der Waals surface area contributed by atoms with E-state index < -0.39 is 10.0 Å². The van der Waals surface area contributed by atoms with Crippen LogP contribution in [0.5, 0.6) is 0 Å². The van der Waals surface area contributed by atoms with Gasteiger partial charge in [-0.3, -0.25) is 9.69 Å². The van der Waals surface area contributed by atoms with Crippen LogP contribution in [-0.2, 0) is 21.4 Å². The van der Waals surface area contributed by atoms with Crippen LogP contribution in [0.4, 0.5) is 0 Å². The lowest BCUT2D eigenvalue weighted by Crippen LogP contribution is -2.52. The number of aryl methyl sites for hydroxylation is 2. The van der Waals surface area contributed by atoms with Crippen molar-refractivity contribution in [3.05, 3.63) is 65.2 Å². The van der Waals surface area contributed by atoms with Crippen LogP contribution >= 0.6 is 0 Å². The largest absolute Gasteiger partial charge is 0.339 e. The topological polar surface area (TPSA) is 60.9 Å². The Bertz CT molecular complexity index is 953. The SMILES string of the molecule is Cc1ccc(C)c(S(=O)(=O)N2CCN(C(=O)CN(C)Cc3ccccc3)CC2)c1. The number of amides is 1. The molecule has 3 rings (SSSR count). The number of carbonyl (C=O) groups is 1. The number of hydrogen-bond donors (Lipinski definition) is 0. The number of sulfonamides is 1. The number of benzene rings is 2. The molecule has 0 spiro atoms. The third kappa shape index (κ3) is 5.23. The van der Waals surface area contributed by atoms with Crippen molar-refractivity contribution in [2.24, 2.45) is 0 Å². The molecule has 1 aliphatic heterocycles. The Morgan fingerprint density at radius 2 is 1.66 bits per heavy atom. The first-order valence-electron chi connectivity index (χ1n) is 9.85. The number of piperazine rings is 1. The summed E-state index contributed by atoms with van der Waals surface area (Å²) < 4.78 is 27.6. The molecule has 2 aromatic carbocycles. The number of carbonyl (C=O) groups excluding carboxylic acids is 1. The van der Waals surface area contributed by atoms with E-state index in [-0.39, 0.29) is 5.91 Å². The number of rotatable bonds is 6. The standard InChI is InChI=1S/C22H29N3O3S/c1-18-9-10-19(2)21(15-18)29(27,28)25-13-11-24(12-14-25)22(26)17-23(3)16-20-7-5-4-6-8-20/h4-10,15H,11-14,16-17H2,1-3H3. The fourth-order valence-corrected chi connectivity index (χ4v) is 5.32. The van der Waals surface area contributed by atoms with Crippen molar-refractivity contribution in [3.63, 3.8) is 0 Å². The summed E-state index contributed by atoms with van der Waals surface area (Å²) in [7, 11) is -1.62. The van der Waals surface area contributed by atoms with Gasteiger partial charge in [-0.05, 0) is 43.7 Å². The van der Waals surface area contributed by atoms with Gasteiger partial charge in [0.05, 0.1) is 11.4 Å². The lowest BCUT2D eigenvalue weighted by Gasteiger charge is -2.35. The van der Waals surface area contributed by atoms with Crippen LogP contribution in [0.15, 0.2) is 53.4 Å². The highest BCUT2D eigenvalue weighted by Gasteiger charge is 2.31. The number of nitrogens with zero attached hydrogens (tertiary/aromatic N) is 3. The minimum atomic E-state index is -3.54. The van der Waals surface area contributed by atoms with Crippen LogP contribution in [0.3, 0.4) is 0 Å². The van der Waals surface area contributed by atoms with Crippen LogP contribution in [-0.4, -0.2) is 68.2 Å². The first kappa shape index (κ1) is 21.5. The quantitative estimate of drug-likeness (QED) is 0.726. The predicted molar refractivity (Wildman–Crippen MR) is 114 cm³/mol. The molecule has 0 N–H and O–H groups in total. The van der Waals surface area contributed by atoms with Gasteiger partial charge in [0.15, 0.2) is 0 Å². The van der Waals surface area contributed by atoms with E-state index in [0.717, 1.165) is 16.7 Å². The second-order valence-corrected chi connectivity index (χ2v) is 9.62. The molecule has 0 atom stereocenters. The zero-order valence-corrected chi connectivity index (χ0v) is 18.2. The molecule has 0 unspecified atom stereocenters. The van der Waals surface area contributed by atoms with Crippen molar-refractivity contribution in [2.45, 2.75) is 25.3 Å². The van der Waals surface area contributed by atoms with Gasteiger partial charge >= 0.3 is 0 Å². The van der Waals surface area contributed by atoms with E-state index in [1.54, 1.807) is 11.0 Å². The molecule has 0 aromatic heterocycles. The summed E-state index contributed by atoms with van der Waals surface area (Å²) in [4.78, 5) is 16.7. The summed E-state index contributed by atoms with van der Waals surface area (Å²) in [5.41, 5.74) is 2.83. The van der Waals surface area contributed by atoms with Crippen molar-refractivity contribution in [2.75, 3.05) is 39.8 Å². The molecule has 6 nitrogen and oxygen atoms in total. The average Bonchev–Trinajstić information content (AvgIpc) is 2.70. The highest BCUT2D eigenvalue weighted by molar-refractivity contribution is 7.89. The Kier molecular flexibility index (Phi) is 6.72. The van der Waals surface area contributed by atoms with E-state index in [4.69, 9.17) is 0 Å². The van der Waals surface area contributed by atoms with Gasteiger partial charge in [-0.15, -0.1) is 0 Å². The Morgan fingerprint density at radius 3 is 2.31 bits per heavy atom. The van der Waals surface area contributed by atoms with Gasteiger partial charge < -0.3 is 4.90 Å². The fraction of sp³-hybridized carbons (Fsp3) is 0.409. The minimum absolute atomic E-state index is 0.0345. The third-order valence-corrected chi connectivity index (χ3v) is 7.29. The van der Waals surface area contributed by atoms with Gasteiger partial charge in [0.2, 0.25) is 15.9 Å². The van der Waals surface area contributed by atoms with E-state index in [2.05, 4.69) is 0 Å². The molecule has 0 bridgehead atoms. The minimum Gasteiger partial charge on any atom is -0.339 e. The van der Waals surface area contributed by atoms with Gasteiger partial charge in [0.1, 0.15) is 0 Å². The Hall–Kier alpha value is -2.22. The Morgan fingerprint density at radius 1 is 1.00 bits per heavy atom. The Balaban J connectivity index is 1.57. The van der Waals surface area contributed by atoms with Gasteiger partial charge in [-0.2, -0.15) is 4.31 Å². The van der Waals surface area contributed by atoms with Gasteiger partial charge in [-0.1, -0.05) is 42.5 Å². The Labute approximate surface area is 173 Å². The van der Waals surface area contributed by atoms with Crippen LogP contribution in [0.1, 0.15) is 16.7 Å². The first-order valence-corrected chi connectivity index (χ1v) is 11.3. The predicted octanol–water partition coefficient (Wildman–Crippen LogP) is 2.27. The van der Waals surface area contributed by atoms with Crippen molar-refractivity contribution in [3.8, 4) is 0 Å². The molecule has 1 aliphatic rings. The molecule has 1 fully saturated rings. The molecular weight excluding hydrogens is 386 g/mol. The van der Waals surface area contributed by atoms with E-state index >= 15 is 0 Å². The lowest BCUT2D eigenvalue weighted by atomic mass is 10.2. The second-order valence-electron chi connectivity index (χ2n) is 7.71. The highest BCUT2D eigenvalue weighted by atomic mass is 32.2. The van der Waals surface area contributed by atoms with Gasteiger partial charge in [0, 0.05) is 32.7 Å². The van der Waals surface area contributed by atoms with Crippen LogP contribution in [0, 0.1) is 13.8 Å². The van der Waals surface area contributed by atoms with E-state index in [0.29, 0.717) is 44.2 Å². The van der Waals surface area contributed by atoms with Gasteiger partial charge in [-0.25, -0.2) is 8.42 Å². The van der Waals surface area contributed by atoms with Crippen LogP contribution in [0.25, 0.3) is 0 Å². The molecule has 29 heavy (non-hydrogen) atoms. The maximum absolute atomic E-state index is 13.0. The molecule has 0 saturated carbocycles. The van der Waals surface area contributed by atoms with Crippen molar-refractivity contribution in [1.82, 2.24) is 14.1 Å². The summed E-state index contributed by atoms with van der Waals surface area (Å²) in [6.07, 6.45) is 0. The molecule has 1 heterocycles. The van der Waals surface area contributed by atoms with Gasteiger partial charge in [0.25, 0.3) is 0 Å². The molecule has 1 amide bonds. The van der Waals surface area contributed by atoms with E-state index in [1.165, 1.54) is 4.31 Å². The smallest absolute Gasteiger partial charge is 0.243 e. The maximum atomic E-state index is 13.0. The molecule has 156 valence electrons. The van der Waals surface area contributed by atoms with E-state index in [9.17, 15) is 13.2 Å². The molecule has 0 aliphatic carbocycles. The number of likely N-dealkylation sites (N-methyl/N-ethyl adjacent to an activating group) is 1. The average molecular weight is 416 g/mol. The number of hydrogen-bond acceptors (Lipinski definition) is 4. The van der Waals surface area contributed by atoms with Crippen molar-refractivity contribution >= 4 is 15.9 Å². The molecule has 1 saturated heterocycles. The zero-order chi connectivity index (χ0) is 21.0. The molecule has 2 aromatic rings. The second kappa shape index (κ2) is 9.07. The van der Waals surface area contributed by atoms with Crippen molar-refractivity contribution < 1.29 is 13.2 Å². The monoisotopic (exact) mass is 415 g/mol. The molecule has 7 heteroatoms. The molecule has 0 radical (unpaired) electrons. The summed E-state index contributed by atoms with van der Waals surface area (Å²) in [5, 5.41) is 0. The van der Waals surface area contributed by atoms with Crippen molar-refractivity contribution in [1.29, 1.82) is 0 Å². The zero-order valence-electron chi connectivity index (χ0n) is 17.3. The first-order chi connectivity index (χ1) is 13.8. The normalized spacial score (nSPS) is 15.7. The van der Waals surface area contributed by atoms with Crippen LogP contribution < -0.4 is 0 Å². The van der Waals surface area contributed by atoms with Crippen LogP contribution in [0.2, 0.25) is 0 Å². The highest BCUT2D eigenvalue weighted by Crippen LogP contribution is 2.22. The fourth-order valence-electron chi connectivity index (χ4n) is 3.58. The van der Waals surface area contributed by atoms with E-state index in [1.807, 2.05) is 68.3 Å². The maximum Gasteiger partial charge on any atom is 0.243 e. The third-order valence-electron chi connectivity index (χ3n) is 5.25. The summed E-state index contributed by atoms with van der Waals surface area (Å²) >= 11 is 0. The lowest BCUT2D eigenvalue weighted by molar-refractivity contribution is -0.133.